The molecule has 134 valence electrons. The minimum atomic E-state index is -1.19. The van der Waals surface area contributed by atoms with Gasteiger partial charge < -0.3 is 24.1 Å². The van der Waals surface area contributed by atoms with Crippen LogP contribution in [0.1, 0.15) is 27.6 Å². The summed E-state index contributed by atoms with van der Waals surface area (Å²) in [6.07, 6.45) is 0.0785. The summed E-state index contributed by atoms with van der Waals surface area (Å²) in [4.78, 5) is 11.8. The van der Waals surface area contributed by atoms with E-state index in [-0.39, 0.29) is 16.9 Å². The molecule has 1 unspecified atom stereocenters. The highest BCUT2D eigenvalue weighted by molar-refractivity contribution is 5.96. The predicted molar refractivity (Wildman–Crippen MR) is 94.7 cm³/mol. The number of rotatable bonds is 6. The van der Waals surface area contributed by atoms with Crippen molar-refractivity contribution in [3.63, 3.8) is 0 Å². The number of carbonyl (C=O) groups is 1. The van der Waals surface area contributed by atoms with E-state index in [1.807, 2.05) is 6.07 Å². The van der Waals surface area contributed by atoms with Crippen molar-refractivity contribution in [2.24, 2.45) is 0 Å². The van der Waals surface area contributed by atoms with Crippen molar-refractivity contribution >= 4 is 5.97 Å². The SMILES string of the molecule is COc1ccc(C(O)c2coc(-c3ccccc3)c2C(=O)O)cc1OC. The Kier molecular flexibility index (Phi) is 4.95. The molecule has 6 nitrogen and oxygen atoms in total. The quantitative estimate of drug-likeness (QED) is 0.701. The molecular formula is C20H18O6. The molecule has 1 heterocycles. The highest BCUT2D eigenvalue weighted by atomic mass is 16.5. The first-order valence-corrected chi connectivity index (χ1v) is 7.87. The minimum Gasteiger partial charge on any atom is -0.493 e. The van der Waals surface area contributed by atoms with Gasteiger partial charge in [-0.3, -0.25) is 0 Å². The fourth-order valence-corrected chi connectivity index (χ4v) is 2.80. The first kappa shape index (κ1) is 17.6. The van der Waals surface area contributed by atoms with Gasteiger partial charge in [-0.2, -0.15) is 0 Å². The van der Waals surface area contributed by atoms with Crippen molar-refractivity contribution in [1.29, 1.82) is 0 Å². The summed E-state index contributed by atoms with van der Waals surface area (Å²) in [5.74, 6) is -0.0217. The second-order valence-electron chi connectivity index (χ2n) is 5.58. The van der Waals surface area contributed by atoms with E-state index < -0.39 is 12.1 Å². The van der Waals surface area contributed by atoms with Gasteiger partial charge in [0.1, 0.15) is 17.4 Å². The number of hydrogen-bond acceptors (Lipinski definition) is 5. The van der Waals surface area contributed by atoms with Gasteiger partial charge in [0, 0.05) is 11.1 Å². The van der Waals surface area contributed by atoms with Crippen LogP contribution in [0.3, 0.4) is 0 Å². The number of benzene rings is 2. The highest BCUT2D eigenvalue weighted by Gasteiger charge is 2.27. The van der Waals surface area contributed by atoms with E-state index in [1.54, 1.807) is 42.5 Å². The Hall–Kier alpha value is -3.25. The van der Waals surface area contributed by atoms with Crippen LogP contribution in [0.4, 0.5) is 0 Å². The second-order valence-corrected chi connectivity index (χ2v) is 5.58. The van der Waals surface area contributed by atoms with E-state index in [2.05, 4.69) is 0 Å². The molecule has 0 aliphatic carbocycles. The molecule has 0 bridgehead atoms. The Morgan fingerprint density at radius 2 is 1.73 bits per heavy atom. The number of carboxylic acid groups (broad SMARTS) is 1. The molecule has 0 saturated carbocycles. The zero-order chi connectivity index (χ0) is 18.7. The summed E-state index contributed by atoms with van der Waals surface area (Å²) in [7, 11) is 3.00. The molecule has 1 atom stereocenters. The molecule has 0 amide bonds. The minimum absolute atomic E-state index is 0.0708. The fraction of sp³-hybridized carbons (Fsp3) is 0.150. The lowest BCUT2D eigenvalue weighted by Crippen LogP contribution is -2.07. The number of ether oxygens (including phenoxy) is 2. The van der Waals surface area contributed by atoms with Crippen LogP contribution in [0.25, 0.3) is 11.3 Å². The van der Waals surface area contributed by atoms with Crippen molar-refractivity contribution < 1.29 is 28.9 Å². The van der Waals surface area contributed by atoms with Crippen LogP contribution < -0.4 is 9.47 Å². The molecule has 0 aliphatic rings. The Morgan fingerprint density at radius 3 is 2.35 bits per heavy atom. The number of aliphatic hydroxyl groups is 1. The average Bonchev–Trinajstić information content (AvgIpc) is 3.13. The molecule has 0 spiro atoms. The first-order valence-electron chi connectivity index (χ1n) is 7.87. The molecule has 2 N–H and O–H groups in total. The van der Waals surface area contributed by atoms with Crippen molar-refractivity contribution in [1.82, 2.24) is 0 Å². The van der Waals surface area contributed by atoms with Gasteiger partial charge in [-0.25, -0.2) is 4.79 Å². The Balaban J connectivity index is 2.07. The van der Waals surface area contributed by atoms with Gasteiger partial charge >= 0.3 is 5.97 Å². The molecule has 0 radical (unpaired) electrons. The summed E-state index contributed by atoms with van der Waals surface area (Å²) >= 11 is 0. The molecular weight excluding hydrogens is 336 g/mol. The smallest absolute Gasteiger partial charge is 0.340 e. The summed E-state index contributed by atoms with van der Waals surface area (Å²) < 4.78 is 15.9. The van der Waals surface area contributed by atoms with Crippen molar-refractivity contribution in [2.45, 2.75) is 6.10 Å². The lowest BCUT2D eigenvalue weighted by atomic mass is 9.97. The van der Waals surface area contributed by atoms with Gasteiger partial charge in [-0.05, 0) is 17.7 Å². The first-order chi connectivity index (χ1) is 12.6. The lowest BCUT2D eigenvalue weighted by Gasteiger charge is -2.14. The van der Waals surface area contributed by atoms with Gasteiger partial charge in [-0.15, -0.1) is 0 Å². The van der Waals surface area contributed by atoms with Crippen molar-refractivity contribution in [3.8, 4) is 22.8 Å². The summed E-state index contributed by atoms with van der Waals surface area (Å²) in [5, 5.41) is 20.4. The van der Waals surface area contributed by atoms with Crippen LogP contribution in [0, 0.1) is 0 Å². The maximum absolute atomic E-state index is 11.8. The predicted octanol–water partition coefficient (Wildman–Crippen LogP) is 3.74. The number of carboxylic acids is 1. The monoisotopic (exact) mass is 354 g/mol. The van der Waals surface area contributed by atoms with Crippen LogP contribution in [-0.2, 0) is 0 Å². The number of aliphatic hydroxyl groups excluding tert-OH is 1. The van der Waals surface area contributed by atoms with Gasteiger partial charge in [0.2, 0.25) is 0 Å². The third kappa shape index (κ3) is 3.14. The van der Waals surface area contributed by atoms with Crippen LogP contribution >= 0.6 is 0 Å². The molecule has 0 saturated heterocycles. The fourth-order valence-electron chi connectivity index (χ4n) is 2.80. The zero-order valence-electron chi connectivity index (χ0n) is 14.3. The summed E-state index contributed by atoms with van der Waals surface area (Å²) in [5.41, 5.74) is 1.18. The van der Waals surface area contributed by atoms with E-state index in [4.69, 9.17) is 13.9 Å². The molecule has 3 aromatic rings. The normalized spacial score (nSPS) is 11.8. The molecule has 0 fully saturated rings. The van der Waals surface area contributed by atoms with Crippen LogP contribution in [0.5, 0.6) is 11.5 Å². The largest absolute Gasteiger partial charge is 0.493 e. The van der Waals surface area contributed by atoms with E-state index in [1.165, 1.54) is 20.5 Å². The lowest BCUT2D eigenvalue weighted by molar-refractivity contribution is 0.0692. The number of aromatic carboxylic acids is 1. The number of furan rings is 1. The van der Waals surface area contributed by atoms with E-state index in [0.717, 1.165) is 0 Å². The van der Waals surface area contributed by atoms with E-state index in [0.29, 0.717) is 22.6 Å². The molecule has 6 heteroatoms. The highest BCUT2D eigenvalue weighted by Crippen LogP contribution is 2.37. The summed E-state index contributed by atoms with van der Waals surface area (Å²) in [6, 6.07) is 13.8. The third-order valence-electron chi connectivity index (χ3n) is 4.09. The Bertz CT molecular complexity index is 913. The molecule has 1 aromatic heterocycles. The Labute approximate surface area is 150 Å². The van der Waals surface area contributed by atoms with Gasteiger partial charge in [0.25, 0.3) is 0 Å². The Morgan fingerprint density at radius 1 is 1.04 bits per heavy atom. The van der Waals surface area contributed by atoms with Gasteiger partial charge in [-0.1, -0.05) is 36.4 Å². The average molecular weight is 354 g/mol. The summed E-state index contributed by atoms with van der Waals surface area (Å²) in [6.45, 7) is 0. The van der Waals surface area contributed by atoms with Gasteiger partial charge in [0.05, 0.1) is 20.5 Å². The van der Waals surface area contributed by atoms with E-state index >= 15 is 0 Å². The number of methoxy groups -OCH3 is 2. The van der Waals surface area contributed by atoms with Crippen molar-refractivity contribution in [3.05, 3.63) is 71.5 Å². The number of hydrogen-bond donors (Lipinski definition) is 2. The second kappa shape index (κ2) is 7.33. The zero-order valence-corrected chi connectivity index (χ0v) is 14.3. The molecule has 2 aromatic carbocycles. The molecule has 26 heavy (non-hydrogen) atoms. The van der Waals surface area contributed by atoms with Crippen LogP contribution in [0.2, 0.25) is 0 Å². The molecule has 0 aliphatic heterocycles. The maximum atomic E-state index is 11.8. The van der Waals surface area contributed by atoms with Gasteiger partial charge in [0.15, 0.2) is 11.5 Å². The topological polar surface area (TPSA) is 89.1 Å². The van der Waals surface area contributed by atoms with Crippen LogP contribution in [-0.4, -0.2) is 30.4 Å². The van der Waals surface area contributed by atoms with Crippen molar-refractivity contribution in [2.75, 3.05) is 14.2 Å². The standard InChI is InChI=1S/C20H18O6/c1-24-15-9-8-13(10-16(15)25-2)18(21)14-11-26-19(17(14)20(22)23)12-6-4-3-5-7-12/h3-11,18,21H,1-2H3,(H,22,23). The van der Waals surface area contributed by atoms with E-state index in [9.17, 15) is 15.0 Å². The van der Waals surface area contributed by atoms with Crippen LogP contribution in [0.15, 0.2) is 59.2 Å². The molecule has 3 rings (SSSR count). The third-order valence-corrected chi connectivity index (χ3v) is 4.09. The maximum Gasteiger partial charge on any atom is 0.340 e.